The maximum absolute atomic E-state index is 5.29. The summed E-state index contributed by atoms with van der Waals surface area (Å²) in [5.41, 5.74) is 0. The first-order valence-electron chi connectivity index (χ1n) is 3.87. The maximum Gasteiger partial charge on any atom is 0.134 e. The van der Waals surface area contributed by atoms with Crippen LogP contribution in [0.25, 0.3) is 0 Å². The third kappa shape index (κ3) is 2.64. The molecule has 0 saturated carbocycles. The lowest BCUT2D eigenvalue weighted by Gasteiger charge is -2.02. The van der Waals surface area contributed by atoms with Crippen LogP contribution in [0.15, 0.2) is 12.4 Å². The molecule has 1 aromatic heterocycles. The van der Waals surface area contributed by atoms with Gasteiger partial charge in [-0.1, -0.05) is 0 Å². The largest absolute Gasteiger partial charge is 0.382 e. The van der Waals surface area contributed by atoms with Crippen molar-refractivity contribution >= 4 is 0 Å². The van der Waals surface area contributed by atoms with E-state index in [1.54, 1.807) is 13.3 Å². The van der Waals surface area contributed by atoms with Gasteiger partial charge in [0, 0.05) is 26.6 Å². The van der Waals surface area contributed by atoms with Crippen molar-refractivity contribution < 1.29 is 9.47 Å². The maximum atomic E-state index is 5.29. The smallest absolute Gasteiger partial charge is 0.134 e. The van der Waals surface area contributed by atoms with E-state index in [1.165, 1.54) is 0 Å². The molecule has 0 spiro atoms. The molecular formula is C8H14N2O2. The fourth-order valence-electron chi connectivity index (χ4n) is 0.841. The minimum Gasteiger partial charge on any atom is -0.382 e. The van der Waals surface area contributed by atoms with Crippen LogP contribution in [0.1, 0.15) is 5.82 Å². The summed E-state index contributed by atoms with van der Waals surface area (Å²) in [7, 11) is 3.60. The van der Waals surface area contributed by atoms with Gasteiger partial charge in [-0.15, -0.1) is 0 Å². The number of aryl methyl sites for hydroxylation is 1. The minimum absolute atomic E-state index is 0.548. The fraction of sp³-hybridized carbons (Fsp3) is 0.625. The molecule has 68 valence electrons. The number of imidazole rings is 1. The number of hydrogen-bond acceptors (Lipinski definition) is 3. The Morgan fingerprint density at radius 3 is 2.92 bits per heavy atom. The van der Waals surface area contributed by atoms with Crippen molar-refractivity contribution in [2.45, 2.75) is 6.61 Å². The quantitative estimate of drug-likeness (QED) is 0.606. The molecule has 0 aliphatic rings. The summed E-state index contributed by atoms with van der Waals surface area (Å²) in [6.07, 6.45) is 3.66. The van der Waals surface area contributed by atoms with Crippen LogP contribution in [0.2, 0.25) is 0 Å². The summed E-state index contributed by atoms with van der Waals surface area (Å²) in [5, 5.41) is 0. The van der Waals surface area contributed by atoms with E-state index in [4.69, 9.17) is 9.47 Å². The van der Waals surface area contributed by atoms with Crippen molar-refractivity contribution in [2.75, 3.05) is 20.3 Å². The molecule has 0 aromatic carbocycles. The highest BCUT2D eigenvalue weighted by Gasteiger charge is 1.97. The van der Waals surface area contributed by atoms with Gasteiger partial charge in [-0.05, 0) is 0 Å². The van der Waals surface area contributed by atoms with Gasteiger partial charge in [-0.2, -0.15) is 0 Å². The Balaban J connectivity index is 2.20. The Kier molecular flexibility index (Phi) is 3.76. The van der Waals surface area contributed by atoms with Crippen LogP contribution in [-0.4, -0.2) is 29.9 Å². The van der Waals surface area contributed by atoms with Crippen molar-refractivity contribution in [1.29, 1.82) is 0 Å². The van der Waals surface area contributed by atoms with Crippen LogP contribution in [-0.2, 0) is 23.1 Å². The van der Waals surface area contributed by atoms with Gasteiger partial charge < -0.3 is 14.0 Å². The average Bonchev–Trinajstić information content (AvgIpc) is 2.46. The number of hydrogen-bond donors (Lipinski definition) is 0. The van der Waals surface area contributed by atoms with Crippen molar-refractivity contribution in [2.24, 2.45) is 7.05 Å². The van der Waals surface area contributed by atoms with Gasteiger partial charge in [0.1, 0.15) is 12.4 Å². The Labute approximate surface area is 72.1 Å². The minimum atomic E-state index is 0.548. The normalized spacial score (nSPS) is 10.5. The highest BCUT2D eigenvalue weighted by molar-refractivity contribution is 4.88. The van der Waals surface area contributed by atoms with Crippen LogP contribution in [0, 0.1) is 0 Å². The van der Waals surface area contributed by atoms with E-state index in [-0.39, 0.29) is 0 Å². The number of nitrogens with zero attached hydrogens (tertiary/aromatic N) is 2. The number of methoxy groups -OCH3 is 1. The van der Waals surface area contributed by atoms with E-state index in [0.717, 1.165) is 5.82 Å². The molecule has 1 heterocycles. The van der Waals surface area contributed by atoms with E-state index < -0.39 is 0 Å². The molecule has 12 heavy (non-hydrogen) atoms. The van der Waals surface area contributed by atoms with E-state index in [9.17, 15) is 0 Å². The van der Waals surface area contributed by atoms with Crippen molar-refractivity contribution in [3.63, 3.8) is 0 Å². The molecule has 0 fully saturated rings. The number of rotatable bonds is 5. The van der Waals surface area contributed by atoms with E-state index in [2.05, 4.69) is 4.98 Å². The van der Waals surface area contributed by atoms with Crippen LogP contribution >= 0.6 is 0 Å². The summed E-state index contributed by atoms with van der Waals surface area (Å²) in [6, 6.07) is 0. The van der Waals surface area contributed by atoms with Gasteiger partial charge in [-0.25, -0.2) is 4.98 Å². The Morgan fingerprint density at radius 1 is 1.50 bits per heavy atom. The lowest BCUT2D eigenvalue weighted by Crippen LogP contribution is -2.05. The second-order valence-electron chi connectivity index (χ2n) is 2.50. The van der Waals surface area contributed by atoms with Crippen LogP contribution in [0.4, 0.5) is 0 Å². The molecule has 1 aromatic rings. The SMILES string of the molecule is COCCOCc1nccn1C. The molecule has 0 amide bonds. The highest BCUT2D eigenvalue weighted by atomic mass is 16.5. The standard InChI is InChI=1S/C8H14N2O2/c1-10-4-3-9-8(10)7-12-6-5-11-2/h3-4H,5-7H2,1-2H3. The monoisotopic (exact) mass is 170 g/mol. The van der Waals surface area contributed by atoms with Gasteiger partial charge in [0.15, 0.2) is 0 Å². The molecule has 0 unspecified atom stereocenters. The average molecular weight is 170 g/mol. The first kappa shape index (κ1) is 9.22. The van der Waals surface area contributed by atoms with Crippen LogP contribution in [0.5, 0.6) is 0 Å². The molecule has 0 N–H and O–H groups in total. The molecule has 0 aliphatic carbocycles. The number of ether oxygens (including phenoxy) is 2. The first-order chi connectivity index (χ1) is 5.84. The van der Waals surface area contributed by atoms with Gasteiger partial charge in [0.25, 0.3) is 0 Å². The molecule has 4 heteroatoms. The van der Waals surface area contributed by atoms with Crippen molar-refractivity contribution in [3.05, 3.63) is 18.2 Å². The molecule has 0 aliphatic heterocycles. The second kappa shape index (κ2) is 4.90. The summed E-state index contributed by atoms with van der Waals surface area (Å²) in [4.78, 5) is 4.11. The lowest BCUT2D eigenvalue weighted by molar-refractivity contribution is 0.0577. The lowest BCUT2D eigenvalue weighted by atomic mass is 10.6. The Morgan fingerprint density at radius 2 is 2.33 bits per heavy atom. The van der Waals surface area contributed by atoms with Crippen LogP contribution in [0.3, 0.4) is 0 Å². The van der Waals surface area contributed by atoms with Crippen molar-refractivity contribution in [3.8, 4) is 0 Å². The summed E-state index contributed by atoms with van der Waals surface area (Å²) >= 11 is 0. The molecule has 0 atom stereocenters. The summed E-state index contributed by atoms with van der Waals surface area (Å²) in [6.45, 7) is 1.79. The molecular weight excluding hydrogens is 156 g/mol. The van der Waals surface area contributed by atoms with E-state index in [1.807, 2.05) is 17.8 Å². The summed E-state index contributed by atoms with van der Waals surface area (Å²) in [5.74, 6) is 0.936. The third-order valence-corrected chi connectivity index (χ3v) is 1.58. The zero-order valence-electron chi connectivity index (χ0n) is 7.49. The molecule has 4 nitrogen and oxygen atoms in total. The predicted molar refractivity (Wildman–Crippen MR) is 44.7 cm³/mol. The zero-order chi connectivity index (χ0) is 8.81. The molecule has 1 rings (SSSR count). The van der Waals surface area contributed by atoms with E-state index >= 15 is 0 Å². The van der Waals surface area contributed by atoms with Gasteiger partial charge >= 0.3 is 0 Å². The Bertz CT molecular complexity index is 223. The molecule has 0 bridgehead atoms. The highest BCUT2D eigenvalue weighted by Crippen LogP contribution is 1.95. The first-order valence-corrected chi connectivity index (χ1v) is 3.87. The number of aromatic nitrogens is 2. The Hall–Kier alpha value is -0.870. The van der Waals surface area contributed by atoms with Crippen molar-refractivity contribution in [1.82, 2.24) is 9.55 Å². The zero-order valence-corrected chi connectivity index (χ0v) is 7.49. The van der Waals surface area contributed by atoms with Crippen LogP contribution < -0.4 is 0 Å². The predicted octanol–water partition coefficient (Wildman–Crippen LogP) is 0.583. The molecule has 0 radical (unpaired) electrons. The van der Waals surface area contributed by atoms with Gasteiger partial charge in [0.05, 0.1) is 13.2 Å². The third-order valence-electron chi connectivity index (χ3n) is 1.58. The van der Waals surface area contributed by atoms with Gasteiger partial charge in [0.2, 0.25) is 0 Å². The second-order valence-corrected chi connectivity index (χ2v) is 2.50. The fourth-order valence-corrected chi connectivity index (χ4v) is 0.841. The van der Waals surface area contributed by atoms with E-state index in [0.29, 0.717) is 19.8 Å². The summed E-state index contributed by atoms with van der Waals surface area (Å²) < 4.78 is 12.1. The van der Waals surface area contributed by atoms with Gasteiger partial charge in [-0.3, -0.25) is 0 Å². The topological polar surface area (TPSA) is 36.3 Å². The molecule has 0 saturated heterocycles.